The molecule has 0 saturated carbocycles. The molecule has 0 spiro atoms. The summed E-state index contributed by atoms with van der Waals surface area (Å²) >= 11 is 0. The molecule has 96 valence electrons. The van der Waals surface area contributed by atoms with E-state index in [0.29, 0.717) is 17.8 Å². The van der Waals surface area contributed by atoms with Crippen molar-refractivity contribution in [3.05, 3.63) is 51.8 Å². The Balaban J connectivity index is 2.25. The lowest BCUT2D eigenvalue weighted by Gasteiger charge is -2.07. The number of aromatic nitrogens is 2. The molecule has 0 radical (unpaired) electrons. The van der Waals surface area contributed by atoms with Crippen molar-refractivity contribution in [3.63, 3.8) is 0 Å². The molecular formula is C12H11N5O2. The summed E-state index contributed by atoms with van der Waals surface area (Å²) in [5.74, 6) is 0. The molecule has 0 fully saturated rings. The zero-order chi connectivity index (χ0) is 13.8. The van der Waals surface area contributed by atoms with Crippen molar-refractivity contribution < 1.29 is 4.92 Å². The van der Waals surface area contributed by atoms with E-state index in [1.165, 1.54) is 18.2 Å². The molecule has 0 amide bonds. The van der Waals surface area contributed by atoms with Gasteiger partial charge in [0.15, 0.2) is 0 Å². The van der Waals surface area contributed by atoms with Crippen molar-refractivity contribution in [2.24, 2.45) is 7.05 Å². The Kier molecular flexibility index (Phi) is 3.43. The average molecular weight is 257 g/mol. The Morgan fingerprint density at radius 1 is 1.53 bits per heavy atom. The van der Waals surface area contributed by atoms with Crippen LogP contribution in [0.25, 0.3) is 0 Å². The van der Waals surface area contributed by atoms with E-state index in [2.05, 4.69) is 10.4 Å². The fraction of sp³-hybridized carbons (Fsp3) is 0.167. The first-order chi connectivity index (χ1) is 9.11. The Hall–Kier alpha value is -2.88. The Morgan fingerprint density at radius 3 is 2.89 bits per heavy atom. The Labute approximate surface area is 109 Å². The number of anilines is 1. The van der Waals surface area contributed by atoms with Gasteiger partial charge in [-0.1, -0.05) is 0 Å². The van der Waals surface area contributed by atoms with E-state index in [-0.39, 0.29) is 5.69 Å². The number of nitrogens with zero attached hydrogens (tertiary/aromatic N) is 4. The molecule has 1 aromatic heterocycles. The predicted molar refractivity (Wildman–Crippen MR) is 68.3 cm³/mol. The number of benzene rings is 1. The van der Waals surface area contributed by atoms with Crippen molar-refractivity contribution in [3.8, 4) is 6.07 Å². The maximum absolute atomic E-state index is 10.9. The van der Waals surface area contributed by atoms with Crippen LogP contribution in [0, 0.1) is 21.4 Å². The molecule has 1 aromatic carbocycles. The van der Waals surface area contributed by atoms with Crippen LogP contribution in [0.3, 0.4) is 0 Å². The molecule has 19 heavy (non-hydrogen) atoms. The van der Waals surface area contributed by atoms with Crippen LogP contribution < -0.4 is 5.32 Å². The van der Waals surface area contributed by atoms with Gasteiger partial charge in [-0.25, -0.2) is 0 Å². The minimum absolute atomic E-state index is 0.0545. The molecule has 2 rings (SSSR count). The highest BCUT2D eigenvalue weighted by atomic mass is 16.6. The van der Waals surface area contributed by atoms with Crippen LogP contribution in [0.2, 0.25) is 0 Å². The largest absolute Gasteiger partial charge is 0.374 e. The van der Waals surface area contributed by atoms with E-state index in [4.69, 9.17) is 5.26 Å². The number of aryl methyl sites for hydroxylation is 1. The number of hydrogen-bond acceptors (Lipinski definition) is 5. The van der Waals surface area contributed by atoms with E-state index < -0.39 is 4.92 Å². The second-order valence-electron chi connectivity index (χ2n) is 3.90. The van der Waals surface area contributed by atoms with Crippen LogP contribution in [-0.4, -0.2) is 14.7 Å². The van der Waals surface area contributed by atoms with Gasteiger partial charge in [0.25, 0.3) is 5.69 Å². The number of nitro groups is 1. The molecule has 1 N–H and O–H groups in total. The molecule has 0 aliphatic carbocycles. The lowest BCUT2D eigenvalue weighted by atomic mass is 10.2. The van der Waals surface area contributed by atoms with Crippen molar-refractivity contribution in [2.45, 2.75) is 6.54 Å². The normalized spacial score (nSPS) is 9.89. The van der Waals surface area contributed by atoms with Crippen LogP contribution in [0.1, 0.15) is 11.3 Å². The number of nitro benzene ring substituents is 1. The van der Waals surface area contributed by atoms with Crippen molar-refractivity contribution in [1.82, 2.24) is 9.78 Å². The van der Waals surface area contributed by atoms with Crippen LogP contribution in [0.5, 0.6) is 0 Å². The van der Waals surface area contributed by atoms with Gasteiger partial charge in [-0.3, -0.25) is 14.8 Å². The third-order valence-corrected chi connectivity index (χ3v) is 2.70. The smallest absolute Gasteiger partial charge is 0.292 e. The molecule has 0 saturated heterocycles. The van der Waals surface area contributed by atoms with E-state index in [9.17, 15) is 10.1 Å². The maximum atomic E-state index is 10.9. The molecule has 0 unspecified atom stereocenters. The molecule has 1 heterocycles. The summed E-state index contributed by atoms with van der Waals surface area (Å²) in [6.45, 7) is 0.395. The molecule has 7 heteroatoms. The quantitative estimate of drug-likeness (QED) is 0.665. The predicted octanol–water partition coefficient (Wildman–Crippen LogP) is 1.81. The Bertz CT molecular complexity index is 656. The highest BCUT2D eigenvalue weighted by Gasteiger charge is 2.14. The van der Waals surface area contributed by atoms with E-state index in [1.54, 1.807) is 17.9 Å². The monoisotopic (exact) mass is 257 g/mol. The highest BCUT2D eigenvalue weighted by Crippen LogP contribution is 2.25. The first-order valence-electron chi connectivity index (χ1n) is 5.51. The summed E-state index contributed by atoms with van der Waals surface area (Å²) in [6.07, 6.45) is 1.65. The Morgan fingerprint density at radius 2 is 2.32 bits per heavy atom. The van der Waals surface area contributed by atoms with Gasteiger partial charge in [0.1, 0.15) is 5.69 Å². The topological polar surface area (TPSA) is 96.8 Å². The minimum Gasteiger partial charge on any atom is -0.374 e. The molecule has 7 nitrogen and oxygen atoms in total. The van der Waals surface area contributed by atoms with Gasteiger partial charge in [-0.15, -0.1) is 0 Å². The zero-order valence-electron chi connectivity index (χ0n) is 10.2. The number of nitriles is 1. The second kappa shape index (κ2) is 5.18. The summed E-state index contributed by atoms with van der Waals surface area (Å²) in [5.41, 5.74) is 1.53. The fourth-order valence-electron chi connectivity index (χ4n) is 1.67. The van der Waals surface area contributed by atoms with Crippen molar-refractivity contribution in [1.29, 1.82) is 5.26 Å². The lowest BCUT2D eigenvalue weighted by molar-refractivity contribution is -0.384. The van der Waals surface area contributed by atoms with Gasteiger partial charge in [0.05, 0.1) is 28.8 Å². The first-order valence-corrected chi connectivity index (χ1v) is 5.51. The van der Waals surface area contributed by atoms with Crippen LogP contribution in [0.15, 0.2) is 30.5 Å². The van der Waals surface area contributed by atoms with Gasteiger partial charge in [0.2, 0.25) is 0 Å². The maximum Gasteiger partial charge on any atom is 0.292 e. The minimum atomic E-state index is -0.479. The van der Waals surface area contributed by atoms with Gasteiger partial charge in [-0.2, -0.15) is 10.4 Å². The lowest BCUT2D eigenvalue weighted by Crippen LogP contribution is -2.07. The third kappa shape index (κ3) is 2.69. The van der Waals surface area contributed by atoms with Gasteiger partial charge in [-0.05, 0) is 18.2 Å². The average Bonchev–Trinajstić information content (AvgIpc) is 2.81. The van der Waals surface area contributed by atoms with E-state index >= 15 is 0 Å². The molecule has 0 aliphatic rings. The summed E-state index contributed by atoms with van der Waals surface area (Å²) in [6, 6.07) is 7.98. The first kappa shape index (κ1) is 12.6. The zero-order valence-corrected chi connectivity index (χ0v) is 10.2. The molecular weight excluding hydrogens is 246 g/mol. The van der Waals surface area contributed by atoms with E-state index in [1.807, 2.05) is 12.1 Å². The fourth-order valence-corrected chi connectivity index (χ4v) is 1.67. The number of rotatable bonds is 4. The van der Waals surface area contributed by atoms with Gasteiger partial charge < -0.3 is 5.32 Å². The molecule has 2 aromatic rings. The van der Waals surface area contributed by atoms with Gasteiger partial charge in [0, 0.05) is 19.3 Å². The summed E-state index contributed by atoms with van der Waals surface area (Å²) in [5, 5.41) is 26.7. The number of hydrogen-bond donors (Lipinski definition) is 1. The molecule has 0 aliphatic heterocycles. The SMILES string of the molecule is Cn1nccc1CNc1cc(C#N)ccc1[N+](=O)[O-]. The van der Waals surface area contributed by atoms with Crippen molar-refractivity contribution in [2.75, 3.05) is 5.32 Å². The summed E-state index contributed by atoms with van der Waals surface area (Å²) in [4.78, 5) is 10.4. The highest BCUT2D eigenvalue weighted by molar-refractivity contribution is 5.64. The second-order valence-corrected chi connectivity index (χ2v) is 3.90. The van der Waals surface area contributed by atoms with Crippen LogP contribution in [-0.2, 0) is 13.6 Å². The molecule has 0 bridgehead atoms. The standard InChI is InChI=1S/C12H11N5O2/c1-16-10(4-5-15-16)8-14-11-6-9(7-13)2-3-12(11)17(18)19/h2-6,14H,8H2,1H3. The van der Waals surface area contributed by atoms with Crippen LogP contribution >= 0.6 is 0 Å². The molecule has 0 atom stereocenters. The van der Waals surface area contributed by atoms with E-state index in [0.717, 1.165) is 5.69 Å². The van der Waals surface area contributed by atoms with Crippen LogP contribution in [0.4, 0.5) is 11.4 Å². The summed E-state index contributed by atoms with van der Waals surface area (Å²) in [7, 11) is 1.79. The summed E-state index contributed by atoms with van der Waals surface area (Å²) < 4.78 is 1.67. The van der Waals surface area contributed by atoms with Gasteiger partial charge >= 0.3 is 0 Å². The third-order valence-electron chi connectivity index (χ3n) is 2.70. The number of nitrogens with one attached hydrogen (secondary N) is 1. The van der Waals surface area contributed by atoms with Crippen molar-refractivity contribution >= 4 is 11.4 Å².